The molecule has 2 heterocycles. The van der Waals surface area contributed by atoms with Crippen LogP contribution in [0.5, 0.6) is 0 Å². The molecule has 0 saturated heterocycles. The first kappa shape index (κ1) is 22.1. The summed E-state index contributed by atoms with van der Waals surface area (Å²) in [5, 5.41) is 18.6. The van der Waals surface area contributed by atoms with E-state index in [0.717, 1.165) is 6.07 Å². The number of hydrogen-bond donors (Lipinski definition) is 3. The second-order valence-electron chi connectivity index (χ2n) is 6.95. The van der Waals surface area contributed by atoms with Gasteiger partial charge in [0, 0.05) is 29.4 Å². The number of hydrogen-bond acceptors (Lipinski definition) is 5. The van der Waals surface area contributed by atoms with Gasteiger partial charge in [0.05, 0.1) is 23.2 Å². The van der Waals surface area contributed by atoms with E-state index >= 15 is 0 Å². The molecule has 0 atom stereocenters. The number of benzene rings is 2. The van der Waals surface area contributed by atoms with Gasteiger partial charge in [0.2, 0.25) is 0 Å². The highest BCUT2D eigenvalue weighted by Crippen LogP contribution is 2.20. The van der Waals surface area contributed by atoms with Crippen LogP contribution in [0.15, 0.2) is 67.0 Å². The molecule has 166 valence electrons. The predicted octanol–water partition coefficient (Wildman–Crippen LogP) is 4.54. The highest BCUT2D eigenvalue weighted by Gasteiger charge is 2.16. The number of anilines is 1. The minimum absolute atomic E-state index is 0.142. The van der Waals surface area contributed by atoms with Crippen LogP contribution in [-0.2, 0) is 0 Å². The van der Waals surface area contributed by atoms with Gasteiger partial charge in [0.1, 0.15) is 11.6 Å². The molecule has 0 radical (unpaired) electrons. The number of amides is 1. The van der Waals surface area contributed by atoms with E-state index in [-0.39, 0.29) is 22.1 Å². The molecule has 4 rings (SSSR count). The third-order valence-corrected chi connectivity index (χ3v) is 4.94. The average Bonchev–Trinajstić information content (AvgIpc) is 3.18. The summed E-state index contributed by atoms with van der Waals surface area (Å²) in [6.07, 6.45) is 3.09. The summed E-state index contributed by atoms with van der Waals surface area (Å²) in [6.45, 7) is 0. The Balaban J connectivity index is 1.62. The third kappa shape index (κ3) is 4.73. The summed E-state index contributed by atoms with van der Waals surface area (Å²) in [4.78, 5) is 16.7. The monoisotopic (exact) mass is 466 g/mol. The van der Waals surface area contributed by atoms with Gasteiger partial charge < -0.3 is 10.6 Å². The van der Waals surface area contributed by atoms with Crippen molar-refractivity contribution in [3.05, 3.63) is 100 Å². The van der Waals surface area contributed by atoms with Gasteiger partial charge in [-0.1, -0.05) is 11.6 Å². The quantitative estimate of drug-likeness (QED) is 0.363. The highest BCUT2D eigenvalue weighted by molar-refractivity contribution is 6.30. The van der Waals surface area contributed by atoms with E-state index in [4.69, 9.17) is 17.0 Å². The standard InChI is InChI=1S/C23H17ClF2N6O/c1-28-11-17(22(27)13-2-5-15(25)6-3-13)19-8-9-21-29-20(12-32(21)31-19)30-23(33)16-7-4-14(24)10-18(16)26/h2-12,27-28H,1H3,(H,30,33)/b17-11-,27-22?. The molecule has 10 heteroatoms. The number of halogens is 3. The number of imidazole rings is 1. The van der Waals surface area contributed by atoms with Crippen molar-refractivity contribution in [3.63, 3.8) is 0 Å². The van der Waals surface area contributed by atoms with Crippen molar-refractivity contribution < 1.29 is 13.6 Å². The molecule has 3 N–H and O–H groups in total. The molecule has 0 aliphatic carbocycles. The summed E-state index contributed by atoms with van der Waals surface area (Å²) in [6, 6.07) is 12.7. The van der Waals surface area contributed by atoms with E-state index in [1.54, 1.807) is 25.4 Å². The Morgan fingerprint density at radius 1 is 1.12 bits per heavy atom. The first-order chi connectivity index (χ1) is 15.9. The number of carbonyl (C=O) groups excluding carboxylic acids is 1. The summed E-state index contributed by atoms with van der Waals surface area (Å²) in [5.41, 5.74) is 1.84. The smallest absolute Gasteiger partial charge is 0.259 e. The van der Waals surface area contributed by atoms with Crippen molar-refractivity contribution in [1.82, 2.24) is 19.9 Å². The van der Waals surface area contributed by atoms with Crippen molar-refractivity contribution in [3.8, 4) is 0 Å². The summed E-state index contributed by atoms with van der Waals surface area (Å²) in [5.74, 6) is -1.64. The first-order valence-electron chi connectivity index (χ1n) is 9.71. The minimum Gasteiger partial charge on any atom is -0.393 e. The largest absolute Gasteiger partial charge is 0.393 e. The van der Waals surface area contributed by atoms with E-state index in [1.165, 1.54) is 47.1 Å². The van der Waals surface area contributed by atoms with Gasteiger partial charge in [0.15, 0.2) is 11.5 Å². The molecule has 0 saturated carbocycles. The van der Waals surface area contributed by atoms with E-state index in [0.29, 0.717) is 22.5 Å². The van der Waals surface area contributed by atoms with Gasteiger partial charge in [-0.15, -0.1) is 0 Å². The molecular formula is C23H17ClF2N6O. The normalized spacial score (nSPS) is 11.5. The molecule has 0 aliphatic rings. The molecule has 4 aromatic rings. The van der Waals surface area contributed by atoms with Crippen LogP contribution in [0.3, 0.4) is 0 Å². The maximum atomic E-state index is 14.0. The number of fused-ring (bicyclic) bond motifs is 1. The Morgan fingerprint density at radius 3 is 2.58 bits per heavy atom. The maximum absolute atomic E-state index is 14.0. The maximum Gasteiger partial charge on any atom is 0.259 e. The van der Waals surface area contributed by atoms with Crippen molar-refractivity contribution in [2.45, 2.75) is 0 Å². The van der Waals surface area contributed by atoms with Crippen LogP contribution < -0.4 is 10.6 Å². The van der Waals surface area contributed by atoms with Gasteiger partial charge in [0.25, 0.3) is 5.91 Å². The van der Waals surface area contributed by atoms with Gasteiger partial charge >= 0.3 is 0 Å². The molecule has 0 bridgehead atoms. The molecule has 0 aliphatic heterocycles. The molecule has 0 fully saturated rings. The molecule has 7 nitrogen and oxygen atoms in total. The lowest BCUT2D eigenvalue weighted by molar-refractivity contribution is 0.102. The van der Waals surface area contributed by atoms with E-state index in [1.807, 2.05) is 0 Å². The fraction of sp³-hybridized carbons (Fsp3) is 0.0435. The van der Waals surface area contributed by atoms with E-state index in [2.05, 4.69) is 20.7 Å². The zero-order valence-electron chi connectivity index (χ0n) is 17.2. The first-order valence-corrected chi connectivity index (χ1v) is 10.1. The van der Waals surface area contributed by atoms with Crippen LogP contribution in [0.25, 0.3) is 11.2 Å². The molecule has 2 aromatic heterocycles. The summed E-state index contributed by atoms with van der Waals surface area (Å²) in [7, 11) is 1.69. The predicted molar refractivity (Wildman–Crippen MR) is 123 cm³/mol. The zero-order chi connectivity index (χ0) is 23.5. The van der Waals surface area contributed by atoms with E-state index in [9.17, 15) is 13.6 Å². The summed E-state index contributed by atoms with van der Waals surface area (Å²) >= 11 is 5.73. The fourth-order valence-corrected chi connectivity index (χ4v) is 3.29. The van der Waals surface area contributed by atoms with Crippen molar-refractivity contribution in [2.75, 3.05) is 12.4 Å². The lowest BCUT2D eigenvalue weighted by Crippen LogP contribution is -2.13. The Kier molecular flexibility index (Phi) is 6.14. The third-order valence-electron chi connectivity index (χ3n) is 4.70. The van der Waals surface area contributed by atoms with Crippen LogP contribution in [-0.4, -0.2) is 33.3 Å². The van der Waals surface area contributed by atoms with Gasteiger partial charge in [-0.25, -0.2) is 18.3 Å². The number of aromatic nitrogens is 3. The Bertz CT molecular complexity index is 1400. The van der Waals surface area contributed by atoms with Crippen LogP contribution in [0.1, 0.15) is 21.6 Å². The topological polar surface area (TPSA) is 95.2 Å². The average molecular weight is 467 g/mol. The Morgan fingerprint density at radius 2 is 1.88 bits per heavy atom. The number of nitrogens with zero attached hydrogens (tertiary/aromatic N) is 3. The van der Waals surface area contributed by atoms with Crippen molar-refractivity contribution >= 4 is 40.3 Å². The molecular weight excluding hydrogens is 450 g/mol. The number of carbonyl (C=O) groups is 1. The van der Waals surface area contributed by atoms with Crippen LogP contribution in [0.4, 0.5) is 14.6 Å². The number of rotatable bonds is 6. The Labute approximate surface area is 192 Å². The number of allylic oxidation sites excluding steroid dienone is 1. The van der Waals surface area contributed by atoms with E-state index < -0.39 is 17.5 Å². The van der Waals surface area contributed by atoms with Crippen LogP contribution in [0.2, 0.25) is 5.02 Å². The van der Waals surface area contributed by atoms with Gasteiger partial charge in [-0.2, -0.15) is 5.10 Å². The Hall–Kier alpha value is -4.11. The second kappa shape index (κ2) is 9.17. The SMILES string of the molecule is CN/C=C(\C(=N)c1ccc(F)cc1)c1ccc2nc(NC(=O)c3ccc(Cl)cc3F)cn2n1. The lowest BCUT2D eigenvalue weighted by atomic mass is 10.0. The molecule has 33 heavy (non-hydrogen) atoms. The lowest BCUT2D eigenvalue weighted by Gasteiger charge is -2.10. The second-order valence-corrected chi connectivity index (χ2v) is 7.39. The molecule has 1 amide bonds. The fourth-order valence-electron chi connectivity index (χ4n) is 3.13. The van der Waals surface area contributed by atoms with Crippen LogP contribution >= 0.6 is 11.6 Å². The molecule has 2 aromatic carbocycles. The number of nitrogens with one attached hydrogen (secondary N) is 3. The van der Waals surface area contributed by atoms with Gasteiger partial charge in [-0.05, 0) is 54.6 Å². The van der Waals surface area contributed by atoms with Gasteiger partial charge in [-0.3, -0.25) is 10.2 Å². The van der Waals surface area contributed by atoms with Crippen molar-refractivity contribution in [2.24, 2.45) is 0 Å². The van der Waals surface area contributed by atoms with Crippen molar-refractivity contribution in [1.29, 1.82) is 5.41 Å². The highest BCUT2D eigenvalue weighted by atomic mass is 35.5. The zero-order valence-corrected chi connectivity index (χ0v) is 18.0. The molecule has 0 spiro atoms. The minimum atomic E-state index is -0.745. The van der Waals surface area contributed by atoms with Crippen LogP contribution in [0, 0.1) is 17.0 Å². The summed E-state index contributed by atoms with van der Waals surface area (Å²) < 4.78 is 28.7. The molecule has 0 unspecified atom stereocenters.